The lowest BCUT2D eigenvalue weighted by atomic mass is 9.79. The van der Waals surface area contributed by atoms with Crippen molar-refractivity contribution in [2.45, 2.75) is 97.6 Å². The van der Waals surface area contributed by atoms with Gasteiger partial charge in [0.05, 0.1) is 114 Å². The summed E-state index contributed by atoms with van der Waals surface area (Å²) in [6.07, 6.45) is 0. The zero-order valence-corrected chi connectivity index (χ0v) is 86.1. The standard InChI is InChI=1S/C48H28N2O8S4.C24H14Br2N2.C18H19BO6S2.S11.S2.30H2/c51-59(52)41-13-5-7-15-43(41)61(55,56)47-27-31(19-23-45(47)59)29-17-21-39-35(25-29)33-9-1-3-11-37(33)49(39)50-38-12-4-2-10-34(38)36-26-30(18-22-40(36)50)32-20-24-46-48(28-32)62(57,58)44-16-8-6-14-42(44)60(46,53)54;25-15-9-11-23-19(13-15)17-5-1-3-7-21(17)27(23)28-22-8-4-2-6-18(22)20-14-16(26)10-12-24(20)28;1-17(2)18(3,4)25-19(24-17)12-9-10-15-16(11-12)27(22,23)14-8-6-5-7-13(14)26(15,20)21;1-3-5-7-9-11-10-8-6-4-2;1-2;;;;;;;;;;;;;;;;;;;;;;;;;;;;;;/h1-28H;1-14H;5-11H,1-4H3;;;30*1H. The highest BCUT2D eigenvalue weighted by molar-refractivity contribution is 9.10. The molecule has 1 fully saturated rings. The van der Waals surface area contributed by atoms with Crippen LogP contribution in [0.1, 0.15) is 70.5 Å². The van der Waals surface area contributed by atoms with Crippen molar-refractivity contribution < 1.29 is 103 Å². The number of sulfone groups is 6. The Morgan fingerprint density at radius 3 is 0.792 bits per heavy atom. The van der Waals surface area contributed by atoms with Crippen molar-refractivity contribution in [2.24, 2.45) is 0 Å². The number of nitrogens with zero attached hydrogens (tertiary/aromatic N) is 4. The second-order valence-corrected chi connectivity index (χ2v) is 59.8. The first kappa shape index (κ1) is 92.2. The van der Waals surface area contributed by atoms with Crippen LogP contribution in [0, 0.1) is 0 Å². The Morgan fingerprint density at radius 1 is 0.262 bits per heavy atom. The molecule has 0 atom stereocenters. The highest BCUT2D eigenvalue weighted by Gasteiger charge is 2.53. The summed E-state index contributed by atoms with van der Waals surface area (Å²) in [5.74, 6) is 0. The first-order valence-electron chi connectivity index (χ1n) is 38.7. The molecule has 0 saturated carbocycles. The van der Waals surface area contributed by atoms with Crippen LogP contribution >= 0.6 is 31.9 Å². The molecule has 1 saturated heterocycles. The van der Waals surface area contributed by atoms with Gasteiger partial charge in [0.2, 0.25) is 59.0 Å². The second-order valence-electron chi connectivity index (χ2n) is 30.7. The third-order valence-electron chi connectivity index (χ3n) is 23.2. The average molecular weight is 2260 g/mol. The fraction of sp³-hybridized carbons (Fsp3) is 0.0667. The monoisotopic (exact) mass is 2260 g/mol. The van der Waals surface area contributed by atoms with Gasteiger partial charge in [-0.25, -0.2) is 69.2 Å². The summed E-state index contributed by atoms with van der Waals surface area (Å²) >= 11 is 24.0. The molecular weight excluding hydrogens is 2140 g/mol. The van der Waals surface area contributed by atoms with Gasteiger partial charge in [-0.2, -0.15) is 0 Å². The maximum atomic E-state index is 13.8. The van der Waals surface area contributed by atoms with E-state index in [1.807, 2.05) is 113 Å². The van der Waals surface area contributed by atoms with Crippen molar-refractivity contribution in [3.63, 3.8) is 0 Å². The number of fused-ring (bicyclic) bond motifs is 18. The van der Waals surface area contributed by atoms with Gasteiger partial charge in [0.15, 0.2) is 0 Å². The van der Waals surface area contributed by atoms with Gasteiger partial charge >= 0.3 is 7.12 Å². The van der Waals surface area contributed by atoms with Gasteiger partial charge in [-0.15, -0.1) is 0 Å². The minimum atomic E-state index is -4.13. The zero-order valence-electron chi connectivity index (χ0n) is 67.4. The van der Waals surface area contributed by atoms with E-state index in [9.17, 15) is 50.5 Å². The largest absolute Gasteiger partial charge is 0.494 e. The van der Waals surface area contributed by atoms with E-state index in [0.717, 1.165) is 52.6 Å². The first-order chi connectivity index (χ1) is 62.3. The van der Waals surface area contributed by atoms with E-state index in [4.69, 9.17) is 9.31 Å². The summed E-state index contributed by atoms with van der Waals surface area (Å²) in [7, 11) is -10.6. The molecule has 0 N–H and O–H groups in total. The molecule has 0 amide bonds. The van der Waals surface area contributed by atoms with Crippen LogP contribution in [0.3, 0.4) is 0 Å². The smallest absolute Gasteiger partial charge is 0.399 e. The molecule has 40 heteroatoms. The molecule has 8 heterocycles. The molecule has 22 rings (SSSR count). The molecule has 4 aliphatic rings. The van der Waals surface area contributed by atoms with E-state index < -0.39 is 77.3 Å². The predicted octanol–water partition coefficient (Wildman–Crippen LogP) is 26.6. The fourth-order valence-corrected chi connectivity index (χ4v) is 49.2. The van der Waals surface area contributed by atoms with E-state index in [-0.39, 0.29) is 102 Å². The Bertz CT molecular complexity index is 8880. The van der Waals surface area contributed by atoms with Crippen LogP contribution in [0.15, 0.2) is 365 Å². The lowest BCUT2D eigenvalue weighted by Crippen LogP contribution is -2.41. The Morgan fingerprint density at radius 2 is 0.485 bits per heavy atom. The van der Waals surface area contributed by atoms with Crippen LogP contribution in [-0.4, -0.2) is 87.5 Å². The Kier molecular flexibility index (Phi) is 25.5. The molecule has 4 aliphatic heterocycles. The summed E-state index contributed by atoms with van der Waals surface area (Å²) in [5.41, 5.74) is 10.0. The maximum absolute atomic E-state index is 13.8. The molecule has 0 bridgehead atoms. The van der Waals surface area contributed by atoms with Crippen LogP contribution < -0.4 is 5.46 Å². The lowest BCUT2D eigenvalue weighted by Gasteiger charge is -2.32. The molecule has 0 radical (unpaired) electrons. The van der Waals surface area contributed by atoms with Crippen molar-refractivity contribution in [3.8, 4) is 22.3 Å². The molecule has 0 unspecified atom stereocenters. The molecule has 0 spiro atoms. The third-order valence-corrected chi connectivity index (χ3v) is 53.9. The molecule has 14 aromatic carbocycles. The van der Waals surface area contributed by atoms with Crippen molar-refractivity contribution in [1.29, 1.82) is 0 Å². The van der Waals surface area contributed by atoms with Gasteiger partial charge < -0.3 is 9.31 Å². The zero-order chi connectivity index (χ0) is 91.5. The summed E-state index contributed by atoms with van der Waals surface area (Å²) in [5, 5.41) is 8.61. The van der Waals surface area contributed by atoms with Crippen LogP contribution in [0.4, 0.5) is 0 Å². The minimum Gasteiger partial charge on any atom is -0.399 e. The van der Waals surface area contributed by atoms with Crippen molar-refractivity contribution >= 4 is 315 Å². The van der Waals surface area contributed by atoms with Crippen LogP contribution in [0.5, 0.6) is 0 Å². The van der Waals surface area contributed by atoms with E-state index in [1.165, 1.54) is 171 Å². The van der Waals surface area contributed by atoms with Crippen LogP contribution in [-0.2, 0) is 193 Å². The normalized spacial score (nSPS) is 15.9. The van der Waals surface area contributed by atoms with Crippen LogP contribution in [0.25, 0.3) is 109 Å². The summed E-state index contributed by atoms with van der Waals surface area (Å²) in [4.78, 5) is -2.80. The number of halogens is 2. The number of aromatic nitrogens is 4. The molecule has 4 aromatic heterocycles. The van der Waals surface area contributed by atoms with Gasteiger partial charge in [-0.05, 0) is 213 Å². The highest BCUT2D eigenvalue weighted by Crippen LogP contribution is 2.48. The number of hydrogen-bond donors (Lipinski definition) is 0. The van der Waals surface area contributed by atoms with Gasteiger partial charge in [-0.1, -0.05) is 171 Å². The number of para-hydroxylation sites is 4. The van der Waals surface area contributed by atoms with Gasteiger partial charge in [0.1, 0.15) is 0 Å². The quantitative estimate of drug-likeness (QED) is 0.145. The first-order valence-corrected chi connectivity index (χ1v) is 63.9. The summed E-state index contributed by atoms with van der Waals surface area (Å²) in [6.45, 7) is 7.57. The van der Waals surface area contributed by atoms with E-state index in [1.54, 1.807) is 80.4 Å². The van der Waals surface area contributed by atoms with E-state index >= 15 is 0 Å². The minimum absolute atomic E-state index is 0. The van der Waals surface area contributed by atoms with E-state index in [0.29, 0.717) is 27.7 Å². The average Bonchev–Trinajstić information content (AvgIpc) is 0.779. The fourth-order valence-electron chi connectivity index (χ4n) is 16.8. The third kappa shape index (κ3) is 15.8. The Balaban J connectivity index is -0.000000173. The van der Waals surface area contributed by atoms with E-state index in [2.05, 4.69) is 180 Å². The lowest BCUT2D eigenvalue weighted by molar-refractivity contribution is 0.00578. The topological polar surface area (TPSA) is 243 Å². The Hall–Kier alpha value is -8.22. The highest BCUT2D eigenvalue weighted by atomic mass is 79.9. The number of benzene rings is 14. The molecular formula is C90H121BBr2N4O14S19. The maximum Gasteiger partial charge on any atom is 0.494 e. The van der Waals surface area contributed by atoms with Crippen LogP contribution in [0.2, 0.25) is 0 Å². The Labute approximate surface area is 854 Å². The van der Waals surface area contributed by atoms with Crippen molar-refractivity contribution in [3.05, 3.63) is 306 Å². The van der Waals surface area contributed by atoms with Gasteiger partial charge in [0.25, 0.3) is 0 Å². The molecule has 18 aromatic rings. The number of rotatable bonds is 5. The SMILES string of the molecule is Brc1ccc2c(c1)c1ccccc1n2-n1c2ccccc2c2cc(Br)ccc21.CC1(C)OB(c2ccc3c(c2)S(=O)(=O)c2ccccc2S3(=O)=O)OC1(C)C.O=S1(=O)c2ccccc2S(=O)(=O)c2cc(-c3ccc4c(c3)c3ccccc3n4-n3c4ccccc4c4cc(-c5ccc6c(c5)S(=O)(=O)c5ccccc5S6(=O)=O)ccc43)ccc21.S=S.S=S=S=S=S=S=S=S=S=S=S.[HH].[HH].[HH].[HH].[HH].[HH].[HH].[HH].[HH].[HH].[HH].[HH].[HH].[HH].[HH].[HH].[HH].[HH].[HH].[HH].[HH].[HH].[HH].[HH].[HH].[HH].[HH].[HH].[HH].[HH]. The van der Waals surface area contributed by atoms with Gasteiger partial charge in [-0.3, -0.25) is 0 Å². The molecule has 0 aliphatic carbocycles. The molecule has 130 heavy (non-hydrogen) atoms. The van der Waals surface area contributed by atoms with Gasteiger partial charge in [0, 0.05) is 220 Å². The predicted molar refractivity (Wildman–Crippen MR) is 619 cm³/mol. The summed E-state index contributed by atoms with van der Waals surface area (Å²) < 4.78 is 185. The summed E-state index contributed by atoms with van der Waals surface area (Å²) in [6, 6.07) is 88.0. The van der Waals surface area contributed by atoms with Crippen molar-refractivity contribution in [1.82, 2.24) is 18.7 Å². The van der Waals surface area contributed by atoms with Crippen molar-refractivity contribution in [2.75, 3.05) is 0 Å². The molecule has 716 valence electrons. The molecule has 18 nitrogen and oxygen atoms in total. The second kappa shape index (κ2) is 35.9. The number of hydrogen-bond acceptors (Lipinski definition) is 18.